The maximum atomic E-state index is 12.6. The van der Waals surface area contributed by atoms with Gasteiger partial charge in [0.2, 0.25) is 15.9 Å². The van der Waals surface area contributed by atoms with Crippen LogP contribution in [0.1, 0.15) is 27.1 Å². The summed E-state index contributed by atoms with van der Waals surface area (Å²) in [5.41, 5.74) is 1.17. The number of anilines is 2. The molecule has 1 saturated heterocycles. The lowest BCUT2D eigenvalue weighted by Crippen LogP contribution is -2.37. The van der Waals surface area contributed by atoms with E-state index in [1.54, 1.807) is 24.3 Å². The maximum absolute atomic E-state index is 12.6. The predicted molar refractivity (Wildman–Crippen MR) is 109 cm³/mol. The number of carbonyl (C=O) groups is 3. The number of rotatable bonds is 5. The molecule has 0 bridgehead atoms. The highest BCUT2D eigenvalue weighted by molar-refractivity contribution is 7.93. The Kier molecular flexibility index (Phi) is 4.94. The number of nitrogens with zero attached hydrogens (tertiary/aromatic N) is 2. The number of benzene rings is 2. The lowest BCUT2D eigenvalue weighted by atomic mass is 10.1. The van der Waals surface area contributed by atoms with Crippen molar-refractivity contribution in [2.45, 2.75) is 6.42 Å². The molecule has 2 aromatic rings. The third-order valence-corrected chi connectivity index (χ3v) is 6.89. The molecule has 0 spiro atoms. The van der Waals surface area contributed by atoms with E-state index in [1.165, 1.54) is 29.6 Å². The molecular formula is C20H19N3O6S. The van der Waals surface area contributed by atoms with Gasteiger partial charge in [-0.1, -0.05) is 12.1 Å². The number of hydrogen-bond donors (Lipinski definition) is 1. The van der Waals surface area contributed by atoms with E-state index in [2.05, 4.69) is 5.32 Å². The largest absolute Gasteiger partial charge is 0.495 e. The molecule has 9 nitrogen and oxygen atoms in total. The van der Waals surface area contributed by atoms with Crippen LogP contribution in [0.5, 0.6) is 5.75 Å². The van der Waals surface area contributed by atoms with E-state index in [4.69, 9.17) is 4.74 Å². The molecule has 30 heavy (non-hydrogen) atoms. The highest BCUT2D eigenvalue weighted by Crippen LogP contribution is 2.33. The van der Waals surface area contributed by atoms with Crippen molar-refractivity contribution in [3.05, 3.63) is 53.6 Å². The molecule has 0 aliphatic carbocycles. The van der Waals surface area contributed by atoms with Gasteiger partial charge >= 0.3 is 0 Å². The smallest absolute Gasteiger partial charge is 0.262 e. The SMILES string of the molecule is COc1ccc(N2CCCS2(=O)=O)cc1NC(=O)CN1C(=O)c2ccccc2C1=O. The third kappa shape index (κ3) is 3.39. The van der Waals surface area contributed by atoms with Gasteiger partial charge in [0.15, 0.2) is 0 Å². The molecular weight excluding hydrogens is 410 g/mol. The standard InChI is InChI=1S/C20H19N3O6S/c1-29-17-8-7-13(23-9-4-10-30(23,27)28)11-16(17)21-18(24)12-22-19(25)14-5-2-3-6-15(14)20(22)26/h2-3,5-8,11H,4,9-10,12H2,1H3,(H,21,24). The minimum absolute atomic E-state index is 0.0699. The van der Waals surface area contributed by atoms with Crippen LogP contribution in [-0.4, -0.2) is 57.0 Å². The average molecular weight is 429 g/mol. The molecule has 1 fully saturated rings. The summed E-state index contributed by atoms with van der Waals surface area (Å²) in [6.45, 7) is -0.112. The first kappa shape index (κ1) is 19.9. The summed E-state index contributed by atoms with van der Waals surface area (Å²) in [7, 11) is -1.97. The van der Waals surface area contributed by atoms with E-state index in [1.807, 2.05) is 0 Å². The first-order chi connectivity index (χ1) is 14.3. The van der Waals surface area contributed by atoms with Crippen molar-refractivity contribution < 1.29 is 27.5 Å². The Labute approximate surface area is 173 Å². The number of fused-ring (bicyclic) bond motifs is 1. The van der Waals surface area contributed by atoms with Gasteiger partial charge in [-0.05, 0) is 36.8 Å². The molecule has 4 rings (SSSR count). The Bertz CT molecular complexity index is 1130. The summed E-state index contributed by atoms with van der Waals surface area (Å²) in [6.07, 6.45) is 0.524. The number of sulfonamides is 1. The first-order valence-corrected chi connectivity index (χ1v) is 10.9. The van der Waals surface area contributed by atoms with Crippen LogP contribution in [-0.2, 0) is 14.8 Å². The lowest BCUT2D eigenvalue weighted by molar-refractivity contribution is -0.116. The molecule has 2 aliphatic heterocycles. The Morgan fingerprint density at radius 3 is 2.33 bits per heavy atom. The molecule has 10 heteroatoms. The van der Waals surface area contributed by atoms with Gasteiger partial charge in [0.1, 0.15) is 12.3 Å². The van der Waals surface area contributed by atoms with E-state index < -0.39 is 34.3 Å². The van der Waals surface area contributed by atoms with Crippen LogP contribution in [0, 0.1) is 0 Å². The van der Waals surface area contributed by atoms with Gasteiger partial charge in [-0.3, -0.25) is 23.6 Å². The van der Waals surface area contributed by atoms with Crippen molar-refractivity contribution in [1.82, 2.24) is 4.90 Å². The molecule has 0 saturated carbocycles. The number of imide groups is 1. The summed E-state index contributed by atoms with van der Waals surface area (Å²) < 4.78 is 30.9. The Balaban J connectivity index is 1.54. The quantitative estimate of drug-likeness (QED) is 0.720. The van der Waals surface area contributed by atoms with Crippen molar-refractivity contribution in [3.63, 3.8) is 0 Å². The van der Waals surface area contributed by atoms with Crippen LogP contribution in [0.2, 0.25) is 0 Å². The van der Waals surface area contributed by atoms with Gasteiger partial charge in [-0.25, -0.2) is 8.42 Å². The molecule has 156 valence electrons. The van der Waals surface area contributed by atoms with Crippen molar-refractivity contribution in [3.8, 4) is 5.75 Å². The highest BCUT2D eigenvalue weighted by atomic mass is 32.2. The monoisotopic (exact) mass is 429 g/mol. The lowest BCUT2D eigenvalue weighted by Gasteiger charge is -2.20. The summed E-state index contributed by atoms with van der Waals surface area (Å²) in [6, 6.07) is 11.0. The second-order valence-electron chi connectivity index (χ2n) is 6.92. The number of methoxy groups -OCH3 is 1. The summed E-state index contributed by atoms with van der Waals surface area (Å²) >= 11 is 0. The molecule has 0 aromatic heterocycles. The molecule has 2 heterocycles. The van der Waals surface area contributed by atoms with Gasteiger partial charge in [0.25, 0.3) is 11.8 Å². The van der Waals surface area contributed by atoms with Gasteiger partial charge < -0.3 is 10.1 Å². The van der Waals surface area contributed by atoms with E-state index in [0.717, 1.165) is 4.90 Å². The zero-order chi connectivity index (χ0) is 21.5. The van der Waals surface area contributed by atoms with Gasteiger partial charge in [0, 0.05) is 6.54 Å². The van der Waals surface area contributed by atoms with Crippen LogP contribution in [0.25, 0.3) is 0 Å². The minimum Gasteiger partial charge on any atom is -0.495 e. The molecule has 1 N–H and O–H groups in total. The van der Waals surface area contributed by atoms with Crippen molar-refractivity contribution in [2.24, 2.45) is 0 Å². The fraction of sp³-hybridized carbons (Fsp3) is 0.250. The highest BCUT2D eigenvalue weighted by Gasteiger charge is 2.36. The molecule has 3 amide bonds. The molecule has 2 aliphatic rings. The summed E-state index contributed by atoms with van der Waals surface area (Å²) in [5.74, 6) is -1.28. The molecule has 0 atom stereocenters. The van der Waals surface area contributed by atoms with E-state index >= 15 is 0 Å². The van der Waals surface area contributed by atoms with Crippen LogP contribution in [0.15, 0.2) is 42.5 Å². The van der Waals surface area contributed by atoms with E-state index in [9.17, 15) is 22.8 Å². The van der Waals surface area contributed by atoms with Crippen LogP contribution < -0.4 is 14.4 Å². The first-order valence-electron chi connectivity index (χ1n) is 9.25. The second-order valence-corrected chi connectivity index (χ2v) is 8.93. The molecule has 0 radical (unpaired) electrons. The van der Waals surface area contributed by atoms with Crippen LogP contribution in [0.3, 0.4) is 0 Å². The minimum atomic E-state index is -3.39. The van der Waals surface area contributed by atoms with Gasteiger partial charge in [-0.2, -0.15) is 0 Å². The van der Waals surface area contributed by atoms with E-state index in [-0.39, 0.29) is 22.6 Å². The number of ether oxygens (including phenoxy) is 1. The number of hydrogen-bond acceptors (Lipinski definition) is 6. The van der Waals surface area contributed by atoms with Gasteiger partial charge in [-0.15, -0.1) is 0 Å². The zero-order valence-electron chi connectivity index (χ0n) is 16.1. The number of carbonyl (C=O) groups excluding carboxylic acids is 3. The molecule has 2 aromatic carbocycles. The van der Waals surface area contributed by atoms with E-state index in [0.29, 0.717) is 24.4 Å². The normalized spacial score (nSPS) is 17.2. The Hall–Kier alpha value is -3.40. The number of nitrogens with one attached hydrogen (secondary N) is 1. The number of amides is 3. The second kappa shape index (κ2) is 7.45. The average Bonchev–Trinajstić information content (AvgIpc) is 3.20. The molecule has 0 unspecified atom stereocenters. The van der Waals surface area contributed by atoms with Crippen LogP contribution in [0.4, 0.5) is 11.4 Å². The van der Waals surface area contributed by atoms with Crippen molar-refractivity contribution >= 4 is 39.1 Å². The predicted octanol–water partition coefficient (Wildman–Crippen LogP) is 1.47. The van der Waals surface area contributed by atoms with Crippen LogP contribution >= 0.6 is 0 Å². The Morgan fingerprint density at radius 1 is 1.10 bits per heavy atom. The zero-order valence-corrected chi connectivity index (χ0v) is 16.9. The topological polar surface area (TPSA) is 113 Å². The summed E-state index contributed by atoms with van der Waals surface area (Å²) in [4.78, 5) is 38.4. The maximum Gasteiger partial charge on any atom is 0.262 e. The third-order valence-electron chi connectivity index (χ3n) is 5.02. The van der Waals surface area contributed by atoms with Crippen molar-refractivity contribution in [1.29, 1.82) is 0 Å². The fourth-order valence-electron chi connectivity index (χ4n) is 3.59. The Morgan fingerprint density at radius 2 is 1.77 bits per heavy atom. The summed E-state index contributed by atoms with van der Waals surface area (Å²) in [5, 5.41) is 2.62. The fourth-order valence-corrected chi connectivity index (χ4v) is 5.15. The van der Waals surface area contributed by atoms with Crippen molar-refractivity contribution in [2.75, 3.05) is 35.6 Å². The van der Waals surface area contributed by atoms with Gasteiger partial charge in [0.05, 0.1) is 35.4 Å².